The summed E-state index contributed by atoms with van der Waals surface area (Å²) in [5.41, 5.74) is 0. The fourth-order valence-electron chi connectivity index (χ4n) is 1.10. The normalized spacial score (nSPS) is 11.9. The Bertz CT molecular complexity index is 397. The van der Waals surface area contributed by atoms with Gasteiger partial charge in [0.1, 0.15) is 11.5 Å². The molecule has 15 heavy (non-hydrogen) atoms. The number of furan rings is 1. The van der Waals surface area contributed by atoms with Crippen molar-refractivity contribution in [3.05, 3.63) is 23.7 Å². The Kier molecular flexibility index (Phi) is 4.31. The van der Waals surface area contributed by atoms with E-state index in [1.54, 1.807) is 0 Å². The van der Waals surface area contributed by atoms with Gasteiger partial charge in [0, 0.05) is 6.54 Å². The number of hydrogen-bond acceptors (Lipinski definition) is 4. The first kappa shape index (κ1) is 12.2. The third-order valence-corrected chi connectivity index (χ3v) is 3.32. The van der Waals surface area contributed by atoms with Crippen molar-refractivity contribution in [1.82, 2.24) is 10.0 Å². The maximum absolute atomic E-state index is 11.0. The molecule has 0 spiro atoms. The SMILES string of the molecule is CNS(=O)(=O)CCNCc1ccc(C)o1. The van der Waals surface area contributed by atoms with Crippen LogP contribution in [0.5, 0.6) is 0 Å². The summed E-state index contributed by atoms with van der Waals surface area (Å²) in [6.45, 7) is 2.82. The Morgan fingerprint density at radius 1 is 1.40 bits per heavy atom. The first-order chi connectivity index (χ1) is 7.03. The molecule has 1 aromatic rings. The van der Waals surface area contributed by atoms with Gasteiger partial charge in [0.25, 0.3) is 0 Å². The second-order valence-electron chi connectivity index (χ2n) is 3.21. The molecular formula is C9H16N2O3S. The maximum atomic E-state index is 11.0. The lowest BCUT2D eigenvalue weighted by Gasteiger charge is -2.03. The van der Waals surface area contributed by atoms with Gasteiger partial charge in [-0.15, -0.1) is 0 Å². The monoisotopic (exact) mass is 232 g/mol. The summed E-state index contributed by atoms with van der Waals surface area (Å²) in [5.74, 6) is 1.74. The molecule has 0 fully saturated rings. The van der Waals surface area contributed by atoms with E-state index in [1.807, 2.05) is 19.1 Å². The second-order valence-corrected chi connectivity index (χ2v) is 5.26. The van der Waals surface area contributed by atoms with Gasteiger partial charge in [0.2, 0.25) is 10.0 Å². The Morgan fingerprint density at radius 3 is 2.67 bits per heavy atom. The molecular weight excluding hydrogens is 216 g/mol. The van der Waals surface area contributed by atoms with Crippen molar-refractivity contribution in [2.45, 2.75) is 13.5 Å². The molecule has 0 saturated carbocycles. The van der Waals surface area contributed by atoms with Crippen LogP contribution in [0.25, 0.3) is 0 Å². The van der Waals surface area contributed by atoms with E-state index in [-0.39, 0.29) is 5.75 Å². The first-order valence-corrected chi connectivity index (χ1v) is 6.36. The summed E-state index contributed by atoms with van der Waals surface area (Å²) >= 11 is 0. The van der Waals surface area contributed by atoms with Crippen LogP contribution in [0, 0.1) is 6.92 Å². The average Bonchev–Trinajstić information content (AvgIpc) is 2.59. The van der Waals surface area contributed by atoms with Crippen LogP contribution in [-0.2, 0) is 16.6 Å². The molecule has 0 aromatic carbocycles. The Balaban J connectivity index is 2.23. The molecule has 0 atom stereocenters. The van der Waals surface area contributed by atoms with Gasteiger partial charge in [-0.2, -0.15) is 0 Å². The van der Waals surface area contributed by atoms with Crippen LogP contribution in [0.3, 0.4) is 0 Å². The van der Waals surface area contributed by atoms with Crippen molar-refractivity contribution in [1.29, 1.82) is 0 Å². The summed E-state index contributed by atoms with van der Waals surface area (Å²) in [5, 5.41) is 2.99. The molecule has 0 saturated heterocycles. The zero-order valence-corrected chi connectivity index (χ0v) is 9.73. The van der Waals surface area contributed by atoms with Gasteiger partial charge in [0.15, 0.2) is 0 Å². The van der Waals surface area contributed by atoms with Crippen LogP contribution in [0.1, 0.15) is 11.5 Å². The number of nitrogens with one attached hydrogen (secondary N) is 2. The van der Waals surface area contributed by atoms with Crippen molar-refractivity contribution in [3.8, 4) is 0 Å². The average molecular weight is 232 g/mol. The van der Waals surface area contributed by atoms with Crippen LogP contribution >= 0.6 is 0 Å². The van der Waals surface area contributed by atoms with E-state index in [4.69, 9.17) is 4.42 Å². The van der Waals surface area contributed by atoms with Crippen LogP contribution in [0.2, 0.25) is 0 Å². The quantitative estimate of drug-likeness (QED) is 0.689. The Labute approximate surface area is 89.9 Å². The maximum Gasteiger partial charge on any atom is 0.212 e. The third kappa shape index (κ3) is 4.46. The molecule has 0 radical (unpaired) electrons. The topological polar surface area (TPSA) is 71.3 Å². The Morgan fingerprint density at radius 2 is 2.13 bits per heavy atom. The van der Waals surface area contributed by atoms with Crippen molar-refractivity contribution < 1.29 is 12.8 Å². The van der Waals surface area contributed by atoms with Crippen LogP contribution in [0.15, 0.2) is 16.5 Å². The fraction of sp³-hybridized carbons (Fsp3) is 0.556. The lowest BCUT2D eigenvalue weighted by molar-refractivity contribution is 0.465. The van der Waals surface area contributed by atoms with Gasteiger partial charge in [-0.25, -0.2) is 13.1 Å². The number of sulfonamides is 1. The highest BCUT2D eigenvalue weighted by atomic mass is 32.2. The largest absolute Gasteiger partial charge is 0.465 e. The van der Waals surface area contributed by atoms with E-state index >= 15 is 0 Å². The summed E-state index contributed by atoms with van der Waals surface area (Å²) in [6, 6.07) is 3.75. The molecule has 6 heteroatoms. The highest BCUT2D eigenvalue weighted by Gasteiger charge is 2.05. The van der Waals surface area contributed by atoms with E-state index in [2.05, 4.69) is 10.0 Å². The van der Waals surface area contributed by atoms with Crippen molar-refractivity contribution in [2.24, 2.45) is 0 Å². The lowest BCUT2D eigenvalue weighted by atomic mass is 10.4. The molecule has 1 heterocycles. The van der Waals surface area contributed by atoms with Gasteiger partial charge in [-0.1, -0.05) is 0 Å². The standard InChI is InChI=1S/C9H16N2O3S/c1-8-3-4-9(14-8)7-11-5-6-15(12,13)10-2/h3-4,10-11H,5-7H2,1-2H3. The molecule has 1 aromatic heterocycles. The summed E-state index contributed by atoms with van der Waals surface area (Å²) < 4.78 is 29.6. The van der Waals surface area contributed by atoms with Gasteiger partial charge in [0.05, 0.1) is 12.3 Å². The highest BCUT2D eigenvalue weighted by Crippen LogP contribution is 2.04. The summed E-state index contributed by atoms with van der Waals surface area (Å²) in [7, 11) is -1.70. The van der Waals surface area contributed by atoms with E-state index in [9.17, 15) is 8.42 Å². The third-order valence-electron chi connectivity index (χ3n) is 1.95. The highest BCUT2D eigenvalue weighted by molar-refractivity contribution is 7.89. The van der Waals surface area contributed by atoms with Gasteiger partial charge >= 0.3 is 0 Å². The van der Waals surface area contributed by atoms with E-state index < -0.39 is 10.0 Å². The zero-order chi connectivity index (χ0) is 11.3. The van der Waals surface area contributed by atoms with Gasteiger partial charge in [-0.3, -0.25) is 0 Å². The molecule has 5 nitrogen and oxygen atoms in total. The number of aryl methyl sites for hydroxylation is 1. The molecule has 0 bridgehead atoms. The van der Waals surface area contributed by atoms with E-state index in [0.29, 0.717) is 13.1 Å². The fourth-order valence-corrected chi connectivity index (χ4v) is 1.72. The zero-order valence-electron chi connectivity index (χ0n) is 8.91. The molecule has 0 unspecified atom stereocenters. The molecule has 1 rings (SSSR count). The lowest BCUT2D eigenvalue weighted by Crippen LogP contribution is -2.29. The first-order valence-electron chi connectivity index (χ1n) is 4.71. The summed E-state index contributed by atoms with van der Waals surface area (Å²) in [6.07, 6.45) is 0. The Hall–Kier alpha value is -0.850. The predicted octanol–water partition coefficient (Wildman–Crippen LogP) is 0.227. The molecule has 0 aliphatic rings. The molecule has 0 aliphatic carbocycles. The second kappa shape index (κ2) is 5.29. The summed E-state index contributed by atoms with van der Waals surface area (Å²) in [4.78, 5) is 0. The van der Waals surface area contributed by atoms with Crippen LogP contribution < -0.4 is 10.0 Å². The number of rotatable bonds is 6. The molecule has 2 N–H and O–H groups in total. The molecule has 86 valence electrons. The van der Waals surface area contributed by atoms with Crippen molar-refractivity contribution in [2.75, 3.05) is 19.3 Å². The van der Waals surface area contributed by atoms with Crippen LogP contribution in [-0.4, -0.2) is 27.8 Å². The number of hydrogen-bond donors (Lipinski definition) is 2. The van der Waals surface area contributed by atoms with Crippen molar-refractivity contribution in [3.63, 3.8) is 0 Å². The van der Waals surface area contributed by atoms with Gasteiger partial charge in [-0.05, 0) is 26.1 Å². The molecule has 0 amide bonds. The van der Waals surface area contributed by atoms with Crippen LogP contribution in [0.4, 0.5) is 0 Å². The van der Waals surface area contributed by atoms with Gasteiger partial charge < -0.3 is 9.73 Å². The molecule has 0 aliphatic heterocycles. The minimum Gasteiger partial charge on any atom is -0.465 e. The minimum absolute atomic E-state index is 0.0726. The predicted molar refractivity (Wildman–Crippen MR) is 58.0 cm³/mol. The minimum atomic E-state index is -3.11. The van der Waals surface area contributed by atoms with E-state index in [0.717, 1.165) is 11.5 Å². The van der Waals surface area contributed by atoms with E-state index in [1.165, 1.54) is 7.05 Å². The smallest absolute Gasteiger partial charge is 0.212 e. The van der Waals surface area contributed by atoms with Crippen molar-refractivity contribution >= 4 is 10.0 Å².